The summed E-state index contributed by atoms with van der Waals surface area (Å²) in [7, 11) is 1.36. The van der Waals surface area contributed by atoms with Gasteiger partial charge in [-0.3, -0.25) is 9.79 Å². The van der Waals surface area contributed by atoms with Crippen LogP contribution in [0.3, 0.4) is 0 Å². The molecular weight excluding hydrogens is 458 g/mol. The number of thioether (sulfide) groups is 1. The fraction of sp³-hybridized carbons (Fsp3) is 0.160. The molecule has 2 aliphatic heterocycles. The van der Waals surface area contributed by atoms with Crippen LogP contribution in [0, 0.1) is 0 Å². The number of benzene rings is 2. The molecule has 8 heteroatoms. The van der Waals surface area contributed by atoms with Crippen LogP contribution in [0.2, 0.25) is 0 Å². The molecule has 0 saturated carbocycles. The van der Waals surface area contributed by atoms with Crippen LogP contribution in [-0.4, -0.2) is 42.1 Å². The van der Waals surface area contributed by atoms with Crippen molar-refractivity contribution in [1.29, 1.82) is 0 Å². The number of esters is 1. The molecule has 6 nitrogen and oxygen atoms in total. The van der Waals surface area contributed by atoms with E-state index < -0.39 is 0 Å². The maximum absolute atomic E-state index is 13.2. The Balaban J connectivity index is 0.00000259. The standard InChI is InChI=1S/C25H21N3O3S.ClH/c1-31-24(30)18-11-9-16(10-12-18)19-7-3-8-20(15-19)27-23(29)22-21(17-5-2-6-17)28-14-4-13-26-25(28)32-22;/h2-3,5-12,15H,4,13-14H2,1H3,(H,27,29);1H. The zero-order valence-corrected chi connectivity index (χ0v) is 19.5. The predicted octanol–water partition coefficient (Wildman–Crippen LogP) is 5.02. The number of rotatable bonds is 5. The third-order valence-electron chi connectivity index (χ3n) is 5.49. The van der Waals surface area contributed by atoms with Crippen molar-refractivity contribution in [3.05, 3.63) is 88.5 Å². The second-order valence-corrected chi connectivity index (χ2v) is 8.51. The zero-order valence-electron chi connectivity index (χ0n) is 17.9. The summed E-state index contributed by atoms with van der Waals surface area (Å²) >= 11 is 1.44. The summed E-state index contributed by atoms with van der Waals surface area (Å²) in [6.45, 7) is 1.67. The number of carbonyl (C=O) groups excluding carboxylic acids is 2. The van der Waals surface area contributed by atoms with E-state index in [1.807, 2.05) is 54.6 Å². The Hall–Kier alpha value is -3.29. The molecular formula is C25H22ClN3O3S. The van der Waals surface area contributed by atoms with Gasteiger partial charge in [-0.2, -0.15) is 0 Å². The molecule has 2 aromatic rings. The molecule has 0 fully saturated rings. The van der Waals surface area contributed by atoms with Crippen LogP contribution in [0.15, 0.2) is 87.9 Å². The van der Waals surface area contributed by atoms with E-state index in [4.69, 9.17) is 4.74 Å². The normalized spacial score (nSPS) is 16.2. The Morgan fingerprint density at radius 1 is 1.12 bits per heavy atom. The molecule has 2 aromatic carbocycles. The highest BCUT2D eigenvalue weighted by molar-refractivity contribution is 8.18. The second-order valence-electron chi connectivity index (χ2n) is 7.53. The number of aliphatic imine (C=N–C) groups is 1. The minimum absolute atomic E-state index is 0. The van der Waals surface area contributed by atoms with Crippen molar-refractivity contribution in [1.82, 2.24) is 4.90 Å². The molecule has 0 unspecified atom stereocenters. The Morgan fingerprint density at radius 2 is 1.91 bits per heavy atom. The van der Waals surface area contributed by atoms with Crippen molar-refractivity contribution in [2.45, 2.75) is 6.42 Å². The number of amidine groups is 1. The lowest BCUT2D eigenvalue weighted by atomic mass is 10.0. The molecule has 0 atom stereocenters. The van der Waals surface area contributed by atoms with E-state index in [-0.39, 0.29) is 24.3 Å². The third kappa shape index (κ3) is 4.47. The Kier molecular flexibility index (Phi) is 6.72. The first-order chi connectivity index (χ1) is 15.6. The summed E-state index contributed by atoms with van der Waals surface area (Å²) in [4.78, 5) is 32.3. The van der Waals surface area contributed by atoms with Crippen LogP contribution in [0.25, 0.3) is 11.1 Å². The number of carbonyl (C=O) groups is 2. The van der Waals surface area contributed by atoms with Crippen molar-refractivity contribution in [2.75, 3.05) is 25.5 Å². The van der Waals surface area contributed by atoms with Gasteiger partial charge in [-0.25, -0.2) is 4.79 Å². The van der Waals surface area contributed by atoms with E-state index in [9.17, 15) is 9.59 Å². The molecule has 0 aromatic heterocycles. The van der Waals surface area contributed by atoms with Crippen molar-refractivity contribution in [2.24, 2.45) is 4.99 Å². The number of nitrogens with zero attached hydrogens (tertiary/aromatic N) is 2. The lowest BCUT2D eigenvalue weighted by molar-refractivity contribution is -0.112. The van der Waals surface area contributed by atoms with Gasteiger partial charge < -0.3 is 15.0 Å². The lowest BCUT2D eigenvalue weighted by Crippen LogP contribution is -2.30. The van der Waals surface area contributed by atoms with Gasteiger partial charge >= 0.3 is 5.97 Å². The fourth-order valence-corrected chi connectivity index (χ4v) is 4.91. The van der Waals surface area contributed by atoms with Crippen LogP contribution in [0.4, 0.5) is 5.69 Å². The molecule has 5 rings (SSSR count). The topological polar surface area (TPSA) is 71.0 Å². The van der Waals surface area contributed by atoms with E-state index in [0.717, 1.165) is 47.1 Å². The molecule has 2 heterocycles. The summed E-state index contributed by atoms with van der Waals surface area (Å²) in [5.41, 5.74) is 5.11. The second kappa shape index (κ2) is 9.68. The summed E-state index contributed by atoms with van der Waals surface area (Å²) < 4.78 is 4.75. The molecule has 3 aliphatic rings. The zero-order chi connectivity index (χ0) is 22.1. The van der Waals surface area contributed by atoms with Gasteiger partial charge in [-0.15, -0.1) is 12.4 Å². The quantitative estimate of drug-likeness (QED) is 0.610. The molecule has 0 saturated heterocycles. The average Bonchev–Trinajstić information content (AvgIpc) is 3.17. The number of amides is 1. The predicted molar refractivity (Wildman–Crippen MR) is 135 cm³/mol. The van der Waals surface area contributed by atoms with E-state index >= 15 is 0 Å². The van der Waals surface area contributed by atoms with E-state index in [0.29, 0.717) is 16.2 Å². The summed E-state index contributed by atoms with van der Waals surface area (Å²) in [5.74, 6) is -0.505. The van der Waals surface area contributed by atoms with Gasteiger partial charge in [0.15, 0.2) is 5.17 Å². The number of methoxy groups -OCH3 is 1. The van der Waals surface area contributed by atoms with Gasteiger partial charge in [0.2, 0.25) is 0 Å². The molecule has 1 aliphatic carbocycles. The Bertz CT molecular complexity index is 1230. The molecule has 0 spiro atoms. The van der Waals surface area contributed by atoms with Crippen LogP contribution in [0.1, 0.15) is 16.8 Å². The van der Waals surface area contributed by atoms with Gasteiger partial charge in [-0.1, -0.05) is 42.5 Å². The lowest BCUT2D eigenvalue weighted by Gasteiger charge is -2.26. The summed E-state index contributed by atoms with van der Waals surface area (Å²) in [5, 5.41) is 3.95. The molecule has 0 bridgehead atoms. The first kappa shape index (κ1) is 22.9. The first-order valence-corrected chi connectivity index (χ1v) is 11.2. The van der Waals surface area contributed by atoms with Crippen LogP contribution >= 0.6 is 24.2 Å². The summed E-state index contributed by atoms with van der Waals surface area (Å²) in [6.07, 6.45) is 7.02. The number of hydrogen-bond donors (Lipinski definition) is 1. The van der Waals surface area contributed by atoms with Gasteiger partial charge in [0.05, 0.1) is 18.4 Å². The minimum Gasteiger partial charge on any atom is -0.465 e. The smallest absolute Gasteiger partial charge is 0.337 e. The molecule has 0 radical (unpaired) electrons. The Morgan fingerprint density at radius 3 is 2.61 bits per heavy atom. The molecule has 1 N–H and O–H groups in total. The van der Waals surface area contributed by atoms with Crippen LogP contribution in [0.5, 0.6) is 0 Å². The van der Waals surface area contributed by atoms with Crippen molar-refractivity contribution in [3.63, 3.8) is 0 Å². The van der Waals surface area contributed by atoms with Gasteiger partial charge in [0.25, 0.3) is 5.91 Å². The third-order valence-corrected chi connectivity index (χ3v) is 6.60. The van der Waals surface area contributed by atoms with Gasteiger partial charge in [-0.05, 0) is 59.1 Å². The van der Waals surface area contributed by atoms with Crippen LogP contribution < -0.4 is 5.32 Å². The maximum atomic E-state index is 13.2. The van der Waals surface area contributed by atoms with E-state index in [1.165, 1.54) is 18.9 Å². The van der Waals surface area contributed by atoms with Crippen molar-refractivity contribution in [3.8, 4) is 11.1 Å². The highest BCUT2D eigenvalue weighted by atomic mass is 35.5. The van der Waals surface area contributed by atoms with Crippen LogP contribution in [-0.2, 0) is 9.53 Å². The molecule has 168 valence electrons. The number of hydrogen-bond acceptors (Lipinski definition) is 6. The van der Waals surface area contributed by atoms with Gasteiger partial charge in [0, 0.05) is 18.8 Å². The highest BCUT2D eigenvalue weighted by Gasteiger charge is 2.36. The maximum Gasteiger partial charge on any atom is 0.337 e. The number of fused-ring (bicyclic) bond motifs is 1. The number of anilines is 1. The van der Waals surface area contributed by atoms with Crippen molar-refractivity contribution < 1.29 is 14.3 Å². The van der Waals surface area contributed by atoms with E-state index in [2.05, 4.69) is 15.2 Å². The first-order valence-electron chi connectivity index (χ1n) is 10.4. The van der Waals surface area contributed by atoms with Crippen molar-refractivity contribution >= 4 is 46.9 Å². The van der Waals surface area contributed by atoms with E-state index in [1.54, 1.807) is 12.1 Å². The number of allylic oxidation sites excluding steroid dienone is 3. The summed E-state index contributed by atoms with van der Waals surface area (Å²) in [6, 6.07) is 14.9. The fourth-order valence-electron chi connectivity index (χ4n) is 3.81. The Labute approximate surface area is 202 Å². The SMILES string of the molecule is COC(=O)c1ccc(-c2cccc(NC(=O)C3=C(C4=CC=C4)N4CCCN=C4S3)c2)cc1.Cl. The van der Waals surface area contributed by atoms with Gasteiger partial charge in [0.1, 0.15) is 4.91 Å². The minimum atomic E-state index is -0.368. The largest absolute Gasteiger partial charge is 0.465 e. The number of halogens is 1. The molecule has 33 heavy (non-hydrogen) atoms. The molecule has 1 amide bonds. The number of nitrogens with one attached hydrogen (secondary N) is 1. The number of ether oxygens (including phenoxy) is 1. The highest BCUT2D eigenvalue weighted by Crippen LogP contribution is 2.41. The average molecular weight is 480 g/mol. The monoisotopic (exact) mass is 479 g/mol.